The van der Waals surface area contributed by atoms with Gasteiger partial charge in [0, 0.05) is 30.3 Å². The van der Waals surface area contributed by atoms with E-state index in [9.17, 15) is 8.76 Å². The van der Waals surface area contributed by atoms with Crippen molar-refractivity contribution in [3.8, 4) is 0 Å². The van der Waals surface area contributed by atoms with Gasteiger partial charge in [-0.25, -0.2) is 4.21 Å². The molecule has 0 aliphatic heterocycles. The standard InChI is InChI=1S/C16H26O4S2/c1-13-8-9-16(22(19,20)21)15(10-13)7-5-3-2-4-6-14(11-17)12-18/h8-10,14,17-18H,2-7,11-12H2,1H3,(H,19,20,21). The maximum Gasteiger partial charge on any atom is 0.171 e. The van der Waals surface area contributed by atoms with Crippen LogP contribution in [0.3, 0.4) is 0 Å². The second-order valence-corrected chi connectivity index (χ2v) is 8.52. The van der Waals surface area contributed by atoms with E-state index in [-0.39, 0.29) is 19.1 Å². The van der Waals surface area contributed by atoms with E-state index in [2.05, 4.69) is 0 Å². The van der Waals surface area contributed by atoms with E-state index >= 15 is 0 Å². The van der Waals surface area contributed by atoms with E-state index in [4.69, 9.17) is 21.4 Å². The minimum atomic E-state index is -3.34. The van der Waals surface area contributed by atoms with E-state index in [0.717, 1.165) is 49.7 Å². The van der Waals surface area contributed by atoms with Gasteiger partial charge in [-0.15, -0.1) is 0 Å². The van der Waals surface area contributed by atoms with E-state index < -0.39 is 8.77 Å². The molecule has 0 heterocycles. The molecular weight excluding hydrogens is 320 g/mol. The monoisotopic (exact) mass is 346 g/mol. The van der Waals surface area contributed by atoms with E-state index in [1.54, 1.807) is 6.07 Å². The summed E-state index contributed by atoms with van der Waals surface area (Å²) in [4.78, 5) is 0.369. The Morgan fingerprint density at radius 3 is 2.36 bits per heavy atom. The Balaban J connectivity index is 2.44. The number of unbranched alkanes of at least 4 members (excludes halogenated alkanes) is 3. The summed E-state index contributed by atoms with van der Waals surface area (Å²) in [5.41, 5.74) is 1.93. The Bertz CT molecular complexity index is 551. The minimum Gasteiger partial charge on any atom is -0.396 e. The van der Waals surface area contributed by atoms with Crippen molar-refractivity contribution in [2.75, 3.05) is 13.2 Å². The summed E-state index contributed by atoms with van der Waals surface area (Å²) < 4.78 is 21.3. The summed E-state index contributed by atoms with van der Waals surface area (Å²) in [5, 5.41) is 18.0. The molecule has 22 heavy (non-hydrogen) atoms. The predicted octanol–water partition coefficient (Wildman–Crippen LogP) is 2.67. The summed E-state index contributed by atoms with van der Waals surface area (Å²) in [6.45, 7) is 2.03. The molecule has 0 saturated carbocycles. The Hall–Kier alpha value is -0.530. The van der Waals surface area contributed by atoms with Crippen molar-refractivity contribution in [3.63, 3.8) is 0 Å². The number of aryl methyl sites for hydroxylation is 2. The molecule has 3 N–H and O–H groups in total. The molecule has 126 valence electrons. The molecule has 1 unspecified atom stereocenters. The largest absolute Gasteiger partial charge is 0.396 e. The van der Waals surface area contributed by atoms with Crippen molar-refractivity contribution < 1.29 is 19.0 Å². The lowest BCUT2D eigenvalue weighted by atomic mass is 10.0. The average molecular weight is 347 g/mol. The zero-order valence-electron chi connectivity index (χ0n) is 13.0. The van der Waals surface area contributed by atoms with Crippen LogP contribution in [0, 0.1) is 12.8 Å². The number of hydrogen-bond donors (Lipinski definition) is 3. The normalized spacial score (nSPS) is 14.2. The molecule has 0 aromatic heterocycles. The lowest BCUT2D eigenvalue weighted by Crippen LogP contribution is -2.10. The first-order valence-corrected chi connectivity index (χ1v) is 10.1. The second kappa shape index (κ2) is 9.57. The van der Waals surface area contributed by atoms with Gasteiger partial charge < -0.3 is 14.8 Å². The van der Waals surface area contributed by atoms with Crippen LogP contribution >= 0.6 is 0 Å². The number of benzene rings is 1. The van der Waals surface area contributed by atoms with Gasteiger partial charge in [-0.3, -0.25) is 0 Å². The van der Waals surface area contributed by atoms with Crippen LogP contribution in [0.4, 0.5) is 0 Å². The van der Waals surface area contributed by atoms with E-state index in [1.165, 1.54) is 0 Å². The van der Waals surface area contributed by atoms with Crippen molar-refractivity contribution >= 4 is 20.0 Å². The smallest absolute Gasteiger partial charge is 0.171 e. The first-order chi connectivity index (χ1) is 10.4. The molecule has 6 heteroatoms. The minimum absolute atomic E-state index is 0.0114. The molecule has 4 nitrogen and oxygen atoms in total. The third-order valence-electron chi connectivity index (χ3n) is 3.82. The maximum absolute atomic E-state index is 11.7. The number of hydrogen-bond acceptors (Lipinski definition) is 4. The zero-order valence-corrected chi connectivity index (χ0v) is 14.7. The quantitative estimate of drug-likeness (QED) is 0.568. The first kappa shape index (κ1) is 19.5. The second-order valence-electron chi connectivity index (χ2n) is 5.77. The summed E-state index contributed by atoms with van der Waals surface area (Å²) in [6, 6.07) is 5.41. The lowest BCUT2D eigenvalue weighted by Gasteiger charge is -2.11. The van der Waals surface area contributed by atoms with Gasteiger partial charge >= 0.3 is 0 Å². The van der Waals surface area contributed by atoms with Gasteiger partial charge in [0.15, 0.2) is 8.77 Å². The van der Waals surface area contributed by atoms with E-state index in [1.807, 2.05) is 19.1 Å². The molecule has 0 spiro atoms. The molecule has 0 saturated heterocycles. The van der Waals surface area contributed by atoms with Gasteiger partial charge in [0.25, 0.3) is 0 Å². The molecule has 0 amide bonds. The van der Waals surface area contributed by atoms with Crippen molar-refractivity contribution in [1.82, 2.24) is 0 Å². The lowest BCUT2D eigenvalue weighted by molar-refractivity contribution is 0.141. The van der Waals surface area contributed by atoms with Gasteiger partial charge in [-0.1, -0.05) is 37.0 Å². The van der Waals surface area contributed by atoms with Crippen molar-refractivity contribution in [2.45, 2.75) is 50.3 Å². The number of rotatable bonds is 10. The molecule has 1 rings (SSSR count). The zero-order chi connectivity index (χ0) is 16.6. The highest BCUT2D eigenvalue weighted by molar-refractivity contribution is 8.29. The highest BCUT2D eigenvalue weighted by Crippen LogP contribution is 2.20. The maximum atomic E-state index is 11.7. The highest BCUT2D eigenvalue weighted by atomic mass is 32.8. The van der Waals surface area contributed by atoms with Gasteiger partial charge in [-0.2, -0.15) is 0 Å². The molecule has 0 aliphatic rings. The highest BCUT2D eigenvalue weighted by Gasteiger charge is 2.12. The Labute approximate surface area is 138 Å². The number of aliphatic hydroxyl groups is 2. The average Bonchev–Trinajstić information content (AvgIpc) is 2.45. The molecule has 1 aromatic carbocycles. The van der Waals surface area contributed by atoms with Crippen LogP contribution in [0.25, 0.3) is 0 Å². The van der Waals surface area contributed by atoms with Crippen LogP contribution in [0.1, 0.15) is 43.2 Å². The van der Waals surface area contributed by atoms with Crippen LogP contribution < -0.4 is 0 Å². The Kier molecular flexibility index (Phi) is 8.49. The predicted molar refractivity (Wildman–Crippen MR) is 92.0 cm³/mol. The third kappa shape index (κ3) is 6.71. The molecule has 1 aromatic rings. The number of aliphatic hydroxyl groups excluding tert-OH is 2. The molecule has 0 fully saturated rings. The van der Waals surface area contributed by atoms with Crippen LogP contribution in [0.15, 0.2) is 23.1 Å². The molecule has 0 radical (unpaired) electrons. The summed E-state index contributed by atoms with van der Waals surface area (Å²) in [5.74, 6) is -0.0114. The van der Waals surface area contributed by atoms with Gasteiger partial charge in [0.1, 0.15) is 0 Å². The van der Waals surface area contributed by atoms with Gasteiger partial charge in [-0.05, 0) is 37.8 Å². The first-order valence-electron chi connectivity index (χ1n) is 7.67. The van der Waals surface area contributed by atoms with Gasteiger partial charge in [0.05, 0.1) is 4.90 Å². The Morgan fingerprint density at radius 1 is 1.14 bits per heavy atom. The van der Waals surface area contributed by atoms with E-state index in [0.29, 0.717) is 4.90 Å². The molecule has 1 atom stereocenters. The van der Waals surface area contributed by atoms with Crippen LogP contribution in [0.2, 0.25) is 0 Å². The fourth-order valence-corrected chi connectivity index (χ4v) is 3.72. The van der Waals surface area contributed by atoms with Crippen molar-refractivity contribution in [3.05, 3.63) is 29.3 Å². The molecular formula is C16H26O4S2. The van der Waals surface area contributed by atoms with Crippen molar-refractivity contribution in [2.24, 2.45) is 5.92 Å². The van der Waals surface area contributed by atoms with Crippen LogP contribution in [-0.4, -0.2) is 32.2 Å². The fourth-order valence-electron chi connectivity index (χ4n) is 2.50. The van der Waals surface area contributed by atoms with Crippen LogP contribution in [0.5, 0.6) is 0 Å². The summed E-state index contributed by atoms with van der Waals surface area (Å²) >= 11 is 4.69. The summed E-state index contributed by atoms with van der Waals surface area (Å²) in [7, 11) is -3.34. The third-order valence-corrected chi connectivity index (χ3v) is 5.31. The summed E-state index contributed by atoms with van der Waals surface area (Å²) in [6.07, 6.45) is 5.53. The fraction of sp³-hybridized carbons (Fsp3) is 0.625. The topological polar surface area (TPSA) is 77.8 Å². The van der Waals surface area contributed by atoms with Crippen LogP contribution in [-0.2, 0) is 26.4 Å². The Morgan fingerprint density at radius 2 is 1.77 bits per heavy atom. The molecule has 0 bridgehead atoms. The van der Waals surface area contributed by atoms with Gasteiger partial charge in [0.2, 0.25) is 0 Å². The van der Waals surface area contributed by atoms with Crippen molar-refractivity contribution in [1.29, 1.82) is 0 Å². The SMILES string of the molecule is Cc1ccc(S(=O)(O)=S)c(CCCCCCC(CO)CO)c1. The molecule has 0 aliphatic carbocycles.